The molecule has 2 heterocycles. The Hall–Kier alpha value is -2.08. The summed E-state index contributed by atoms with van der Waals surface area (Å²) in [4.78, 5) is 16.1. The van der Waals surface area contributed by atoms with E-state index >= 15 is 0 Å². The van der Waals surface area contributed by atoms with Gasteiger partial charge in [-0.15, -0.1) is 0 Å². The summed E-state index contributed by atoms with van der Waals surface area (Å²) < 4.78 is 0. The molecule has 0 bridgehead atoms. The van der Waals surface area contributed by atoms with Gasteiger partial charge in [0.15, 0.2) is 10.8 Å². The topological polar surface area (TPSA) is 96.7 Å². The molecule has 0 unspecified atom stereocenters. The minimum absolute atomic E-state index is 0.174. The third-order valence-corrected chi connectivity index (χ3v) is 3.24. The molecule has 0 fully saturated rings. The third-order valence-electron chi connectivity index (χ3n) is 2.95. The van der Waals surface area contributed by atoms with Crippen LogP contribution in [0.1, 0.15) is 35.1 Å². The molecule has 0 radical (unpaired) electrons. The first kappa shape index (κ1) is 14.3. The van der Waals surface area contributed by atoms with Crippen LogP contribution in [0.3, 0.4) is 0 Å². The Labute approximate surface area is 121 Å². The number of carbonyl (C=O) groups is 1. The van der Waals surface area contributed by atoms with Crippen LogP contribution in [0.25, 0.3) is 0 Å². The fourth-order valence-corrected chi connectivity index (χ4v) is 2.10. The summed E-state index contributed by atoms with van der Waals surface area (Å²) in [6.45, 7) is 3.86. The van der Waals surface area contributed by atoms with Crippen molar-refractivity contribution in [2.45, 2.75) is 26.7 Å². The van der Waals surface area contributed by atoms with Gasteiger partial charge in [0, 0.05) is 6.20 Å². The summed E-state index contributed by atoms with van der Waals surface area (Å²) in [5.41, 5.74) is 8.53. The molecule has 2 rings (SSSR count). The number of nitrogens with zero attached hydrogens (tertiary/aromatic N) is 2. The maximum atomic E-state index is 12.2. The first-order valence-electron chi connectivity index (χ1n) is 6.29. The molecule has 4 N–H and O–H groups in total. The van der Waals surface area contributed by atoms with Gasteiger partial charge in [-0.2, -0.15) is 5.10 Å². The van der Waals surface area contributed by atoms with Gasteiger partial charge < -0.3 is 11.1 Å². The lowest BCUT2D eigenvalue weighted by molar-refractivity contribution is 0.102. The van der Waals surface area contributed by atoms with E-state index in [1.165, 1.54) is 0 Å². The fraction of sp³-hybridized carbons (Fsp3) is 0.308. The van der Waals surface area contributed by atoms with Gasteiger partial charge in [0.05, 0.1) is 17.1 Å². The van der Waals surface area contributed by atoms with Gasteiger partial charge in [-0.05, 0) is 25.0 Å². The molecular weight excluding hydrogens is 278 g/mol. The zero-order chi connectivity index (χ0) is 14.7. The highest BCUT2D eigenvalue weighted by Crippen LogP contribution is 2.24. The van der Waals surface area contributed by atoms with Crippen LogP contribution < -0.4 is 11.1 Å². The number of aryl methyl sites for hydroxylation is 2. The van der Waals surface area contributed by atoms with E-state index in [4.69, 9.17) is 17.3 Å². The number of nitrogen functional groups attached to an aromatic ring is 1. The second kappa shape index (κ2) is 5.92. The highest BCUT2D eigenvalue weighted by molar-refractivity contribution is 6.32. The first-order valence-corrected chi connectivity index (χ1v) is 6.67. The van der Waals surface area contributed by atoms with Gasteiger partial charge in [-0.25, -0.2) is 4.98 Å². The van der Waals surface area contributed by atoms with Gasteiger partial charge in [-0.1, -0.05) is 24.9 Å². The number of carbonyl (C=O) groups excluding carboxylic acids is 1. The number of H-pyrrole nitrogens is 1. The number of pyridine rings is 1. The Bertz CT molecular complexity index is 617. The van der Waals surface area contributed by atoms with Gasteiger partial charge >= 0.3 is 0 Å². The fourth-order valence-electron chi connectivity index (χ4n) is 1.85. The van der Waals surface area contributed by atoms with Crippen molar-refractivity contribution in [3.8, 4) is 0 Å². The van der Waals surface area contributed by atoms with Crippen LogP contribution in [0.15, 0.2) is 12.3 Å². The van der Waals surface area contributed by atoms with Crippen LogP contribution in [0, 0.1) is 6.92 Å². The lowest BCUT2D eigenvalue weighted by Gasteiger charge is -2.08. The Morgan fingerprint density at radius 1 is 1.55 bits per heavy atom. The summed E-state index contributed by atoms with van der Waals surface area (Å²) in [7, 11) is 0. The number of hydrogen-bond acceptors (Lipinski definition) is 4. The van der Waals surface area contributed by atoms with E-state index in [9.17, 15) is 4.79 Å². The molecule has 0 aliphatic rings. The molecule has 0 saturated carbocycles. The maximum Gasteiger partial charge on any atom is 0.278 e. The molecule has 7 heteroatoms. The lowest BCUT2D eigenvalue weighted by atomic mass is 10.2. The second-order valence-electron chi connectivity index (χ2n) is 4.46. The molecule has 2 aromatic rings. The molecule has 0 aliphatic heterocycles. The number of amides is 1. The van der Waals surface area contributed by atoms with Gasteiger partial charge in [0.2, 0.25) is 0 Å². The molecule has 0 saturated heterocycles. The normalized spacial score (nSPS) is 10.6. The van der Waals surface area contributed by atoms with Gasteiger partial charge in [-0.3, -0.25) is 9.89 Å². The predicted molar refractivity (Wildman–Crippen MR) is 78.9 cm³/mol. The summed E-state index contributed by atoms with van der Waals surface area (Å²) in [6.07, 6.45) is 3.25. The third kappa shape index (κ3) is 2.75. The van der Waals surface area contributed by atoms with E-state index in [-0.39, 0.29) is 10.8 Å². The molecule has 106 valence electrons. The standard InChI is InChI=1S/C13H16ClN5O/c1-3-4-8-9(15)11(19-18-8)13(20)17-10-7(2)5-6-16-12(10)14/h5-6H,3-4,15H2,1-2H3,(H,17,20)(H,18,19). The molecule has 0 atom stereocenters. The highest BCUT2D eigenvalue weighted by Gasteiger charge is 2.18. The SMILES string of the molecule is CCCc1[nH]nc(C(=O)Nc2c(C)ccnc2Cl)c1N. The summed E-state index contributed by atoms with van der Waals surface area (Å²) in [5, 5.41) is 9.68. The smallest absolute Gasteiger partial charge is 0.278 e. The molecular formula is C13H16ClN5O. The Morgan fingerprint density at radius 3 is 2.95 bits per heavy atom. The number of rotatable bonds is 4. The van der Waals surface area contributed by atoms with E-state index in [1.807, 2.05) is 13.8 Å². The van der Waals surface area contributed by atoms with Crippen molar-refractivity contribution in [2.75, 3.05) is 11.1 Å². The molecule has 0 spiro atoms. The van der Waals surface area contributed by atoms with Crippen LogP contribution in [0.4, 0.5) is 11.4 Å². The molecule has 6 nitrogen and oxygen atoms in total. The van der Waals surface area contributed by atoms with Gasteiger partial charge in [0.1, 0.15) is 0 Å². The summed E-state index contributed by atoms with van der Waals surface area (Å²) in [5.74, 6) is -0.404. The van der Waals surface area contributed by atoms with E-state index in [2.05, 4.69) is 20.5 Å². The number of aromatic amines is 1. The van der Waals surface area contributed by atoms with Crippen LogP contribution in [-0.2, 0) is 6.42 Å². The molecule has 2 aromatic heterocycles. The van der Waals surface area contributed by atoms with Crippen molar-refractivity contribution in [1.29, 1.82) is 0 Å². The van der Waals surface area contributed by atoms with E-state index in [0.29, 0.717) is 11.4 Å². The van der Waals surface area contributed by atoms with Crippen LogP contribution in [0.5, 0.6) is 0 Å². The van der Waals surface area contributed by atoms with E-state index in [0.717, 1.165) is 24.1 Å². The number of nitrogens with two attached hydrogens (primary N) is 1. The van der Waals surface area contributed by atoms with Crippen molar-refractivity contribution < 1.29 is 4.79 Å². The van der Waals surface area contributed by atoms with Crippen molar-refractivity contribution >= 4 is 28.9 Å². The molecule has 1 amide bonds. The molecule has 0 aromatic carbocycles. The first-order chi connectivity index (χ1) is 9.54. The number of halogens is 1. The van der Waals surface area contributed by atoms with Crippen molar-refractivity contribution in [2.24, 2.45) is 0 Å². The minimum atomic E-state index is -0.404. The van der Waals surface area contributed by atoms with Crippen LogP contribution in [0.2, 0.25) is 5.15 Å². The Morgan fingerprint density at radius 2 is 2.30 bits per heavy atom. The van der Waals surface area contributed by atoms with Crippen molar-refractivity contribution in [3.63, 3.8) is 0 Å². The second-order valence-corrected chi connectivity index (χ2v) is 4.82. The molecule has 20 heavy (non-hydrogen) atoms. The van der Waals surface area contributed by atoms with Crippen LogP contribution in [-0.4, -0.2) is 21.1 Å². The van der Waals surface area contributed by atoms with Gasteiger partial charge in [0.25, 0.3) is 5.91 Å². The Balaban J connectivity index is 2.25. The summed E-state index contributed by atoms with van der Waals surface area (Å²) >= 11 is 5.97. The minimum Gasteiger partial charge on any atom is -0.395 e. The van der Waals surface area contributed by atoms with Crippen molar-refractivity contribution in [1.82, 2.24) is 15.2 Å². The zero-order valence-electron chi connectivity index (χ0n) is 11.3. The number of aromatic nitrogens is 3. The Kier molecular flexibility index (Phi) is 4.24. The lowest BCUT2D eigenvalue weighted by Crippen LogP contribution is -2.15. The number of anilines is 2. The number of hydrogen-bond donors (Lipinski definition) is 3. The van der Waals surface area contributed by atoms with E-state index < -0.39 is 5.91 Å². The highest BCUT2D eigenvalue weighted by atomic mass is 35.5. The zero-order valence-corrected chi connectivity index (χ0v) is 12.1. The van der Waals surface area contributed by atoms with Crippen molar-refractivity contribution in [3.05, 3.63) is 34.4 Å². The average Bonchev–Trinajstić information content (AvgIpc) is 2.76. The maximum absolute atomic E-state index is 12.2. The average molecular weight is 294 g/mol. The van der Waals surface area contributed by atoms with Crippen LogP contribution >= 0.6 is 11.6 Å². The monoisotopic (exact) mass is 293 g/mol. The molecule has 0 aliphatic carbocycles. The van der Waals surface area contributed by atoms with E-state index in [1.54, 1.807) is 12.3 Å². The largest absolute Gasteiger partial charge is 0.395 e. The quantitative estimate of drug-likeness (QED) is 0.755. The summed E-state index contributed by atoms with van der Waals surface area (Å²) in [6, 6.07) is 1.76. The number of nitrogens with one attached hydrogen (secondary N) is 2. The predicted octanol–water partition coefficient (Wildman–Crippen LogP) is 2.55.